The number of nitrogens with zero attached hydrogens (tertiary/aromatic N) is 4. The van der Waals surface area contributed by atoms with Crippen LogP contribution in [0.2, 0.25) is 0 Å². The number of hydrogen-bond donors (Lipinski definition) is 1. The molecular weight excluding hydrogens is 386 g/mol. The van der Waals surface area contributed by atoms with Crippen LogP contribution in [-0.4, -0.2) is 32.0 Å². The maximum atomic E-state index is 12.9. The fourth-order valence-corrected chi connectivity index (χ4v) is 5.53. The average Bonchev–Trinajstić information content (AvgIpc) is 3.22. The molecule has 0 aliphatic heterocycles. The van der Waals surface area contributed by atoms with E-state index in [0.717, 1.165) is 17.8 Å². The molecule has 1 amide bonds. The van der Waals surface area contributed by atoms with Crippen LogP contribution in [0.5, 0.6) is 0 Å². The first-order valence-electron chi connectivity index (χ1n) is 10.8. The topological polar surface area (TPSA) is 72.2 Å². The first kappa shape index (κ1) is 18.2. The van der Waals surface area contributed by atoms with Crippen LogP contribution in [0.1, 0.15) is 62.5 Å². The van der Waals surface area contributed by atoms with E-state index in [4.69, 9.17) is 0 Å². The first-order valence-corrected chi connectivity index (χ1v) is 10.8. The third-order valence-electron chi connectivity index (χ3n) is 6.77. The number of rotatable bonds is 3. The summed E-state index contributed by atoms with van der Waals surface area (Å²) in [5.74, 6) is 1.43. The Morgan fingerprint density at radius 3 is 2.32 bits per heavy atom. The van der Waals surface area contributed by atoms with E-state index in [2.05, 4.69) is 68.9 Å². The van der Waals surface area contributed by atoms with E-state index in [1.807, 2.05) is 19.9 Å². The van der Waals surface area contributed by atoms with Gasteiger partial charge in [-0.3, -0.25) is 4.79 Å². The van der Waals surface area contributed by atoms with Crippen molar-refractivity contribution in [3.8, 4) is 0 Å². The van der Waals surface area contributed by atoms with Gasteiger partial charge in [0.2, 0.25) is 5.82 Å². The number of benzene rings is 2. The zero-order chi connectivity index (χ0) is 21.1. The third-order valence-corrected chi connectivity index (χ3v) is 6.77. The standard InChI is InChI=1S/C25H23N5O/c1-14-11-15(2)30-25(27-14)28-23(29-30)24(31)26-13-16-12-21-17-7-3-5-9-19(17)22(16)20-10-6-4-8-18(20)21/h3-11,16,21-22H,12-13H2,1-2H3,(H,26,31). The molecule has 1 atom stereocenters. The Kier molecular flexibility index (Phi) is 3.96. The van der Waals surface area contributed by atoms with Crippen molar-refractivity contribution in [2.75, 3.05) is 6.54 Å². The Labute approximate surface area is 180 Å². The van der Waals surface area contributed by atoms with E-state index in [1.54, 1.807) is 4.52 Å². The maximum absolute atomic E-state index is 12.9. The SMILES string of the molecule is Cc1cc(C)n2nc(C(=O)NCC3CC4c5ccccc5C3c3ccccc34)nc2n1. The molecule has 0 radical (unpaired) electrons. The molecule has 0 spiro atoms. The number of aryl methyl sites for hydroxylation is 2. The predicted molar refractivity (Wildman–Crippen MR) is 117 cm³/mol. The number of amides is 1. The molecule has 7 rings (SSSR count). The minimum atomic E-state index is -0.245. The van der Waals surface area contributed by atoms with Gasteiger partial charge in [0, 0.05) is 29.8 Å². The second-order valence-electron chi connectivity index (χ2n) is 8.68. The van der Waals surface area contributed by atoms with Gasteiger partial charge in [-0.05, 0) is 54.5 Å². The van der Waals surface area contributed by atoms with Gasteiger partial charge >= 0.3 is 0 Å². The predicted octanol–water partition coefficient (Wildman–Crippen LogP) is 3.77. The number of carbonyl (C=O) groups excluding carboxylic acids is 1. The molecule has 3 aliphatic rings. The van der Waals surface area contributed by atoms with Crippen molar-refractivity contribution in [2.24, 2.45) is 5.92 Å². The van der Waals surface area contributed by atoms with Crippen LogP contribution in [0.4, 0.5) is 0 Å². The second kappa shape index (κ2) is 6.74. The van der Waals surface area contributed by atoms with Crippen molar-refractivity contribution in [3.63, 3.8) is 0 Å². The van der Waals surface area contributed by atoms with Crippen molar-refractivity contribution in [3.05, 3.63) is 94.1 Å². The number of nitrogens with one attached hydrogen (secondary N) is 1. The van der Waals surface area contributed by atoms with E-state index in [1.165, 1.54) is 22.3 Å². The second-order valence-corrected chi connectivity index (χ2v) is 8.68. The molecule has 1 N–H and O–H groups in total. The lowest BCUT2D eigenvalue weighted by atomic mass is 9.59. The molecule has 0 saturated heterocycles. The van der Waals surface area contributed by atoms with Crippen molar-refractivity contribution in [1.29, 1.82) is 0 Å². The Morgan fingerprint density at radius 1 is 1.00 bits per heavy atom. The van der Waals surface area contributed by atoms with Crippen molar-refractivity contribution < 1.29 is 4.79 Å². The molecule has 0 saturated carbocycles. The normalized spacial score (nSPS) is 21.0. The molecule has 3 aliphatic carbocycles. The highest BCUT2D eigenvalue weighted by Crippen LogP contribution is 2.55. The van der Waals surface area contributed by atoms with Crippen molar-refractivity contribution >= 4 is 11.7 Å². The summed E-state index contributed by atoms with van der Waals surface area (Å²) in [6, 6.07) is 19.4. The van der Waals surface area contributed by atoms with E-state index in [9.17, 15) is 4.79 Å². The van der Waals surface area contributed by atoms with Gasteiger partial charge < -0.3 is 5.32 Å². The zero-order valence-electron chi connectivity index (χ0n) is 17.5. The van der Waals surface area contributed by atoms with Gasteiger partial charge in [-0.1, -0.05) is 48.5 Å². The Bertz CT molecular complexity index is 1290. The molecule has 1 unspecified atom stereocenters. The van der Waals surface area contributed by atoms with Gasteiger partial charge in [0.1, 0.15) is 0 Å². The van der Waals surface area contributed by atoms with Gasteiger partial charge in [0.15, 0.2) is 0 Å². The molecule has 2 aromatic carbocycles. The molecule has 31 heavy (non-hydrogen) atoms. The molecule has 6 heteroatoms. The van der Waals surface area contributed by atoms with Crippen molar-refractivity contribution in [2.45, 2.75) is 32.1 Å². The fraction of sp³-hybridized carbons (Fsp3) is 0.280. The Hall–Kier alpha value is -3.54. The van der Waals surface area contributed by atoms with Crippen LogP contribution in [0, 0.1) is 19.8 Å². The highest BCUT2D eigenvalue weighted by Gasteiger charge is 2.42. The van der Waals surface area contributed by atoms with E-state index < -0.39 is 0 Å². The van der Waals surface area contributed by atoms with Crippen molar-refractivity contribution in [1.82, 2.24) is 24.9 Å². The van der Waals surface area contributed by atoms with Crippen LogP contribution in [0.25, 0.3) is 5.78 Å². The quantitative estimate of drug-likeness (QED) is 0.559. The fourth-order valence-electron chi connectivity index (χ4n) is 5.53. The van der Waals surface area contributed by atoms with E-state index in [-0.39, 0.29) is 11.7 Å². The summed E-state index contributed by atoms with van der Waals surface area (Å²) in [5.41, 5.74) is 7.45. The summed E-state index contributed by atoms with van der Waals surface area (Å²) in [5, 5.41) is 7.47. The first-order chi connectivity index (χ1) is 15.1. The summed E-state index contributed by atoms with van der Waals surface area (Å²) in [4.78, 5) is 21.6. The summed E-state index contributed by atoms with van der Waals surface area (Å²) in [6.07, 6.45) is 1.04. The molecule has 154 valence electrons. The minimum absolute atomic E-state index is 0.169. The van der Waals surface area contributed by atoms with Crippen LogP contribution < -0.4 is 5.32 Å². The highest BCUT2D eigenvalue weighted by molar-refractivity contribution is 5.90. The molecule has 2 heterocycles. The average molecular weight is 409 g/mol. The van der Waals surface area contributed by atoms with Crippen LogP contribution in [0.15, 0.2) is 54.6 Å². The smallest absolute Gasteiger partial charge is 0.291 e. The highest BCUT2D eigenvalue weighted by atomic mass is 16.2. The largest absolute Gasteiger partial charge is 0.349 e. The minimum Gasteiger partial charge on any atom is -0.349 e. The van der Waals surface area contributed by atoms with E-state index in [0.29, 0.717) is 30.1 Å². The molecule has 4 aromatic rings. The summed E-state index contributed by atoms with van der Waals surface area (Å²) >= 11 is 0. The lowest BCUT2D eigenvalue weighted by Crippen LogP contribution is -2.39. The summed E-state index contributed by atoms with van der Waals surface area (Å²) in [7, 11) is 0. The molecule has 0 fully saturated rings. The van der Waals surface area contributed by atoms with Crippen LogP contribution in [-0.2, 0) is 0 Å². The molecule has 2 bridgehead atoms. The number of hydrogen-bond acceptors (Lipinski definition) is 4. The number of fused-ring (bicyclic) bond motifs is 2. The summed E-state index contributed by atoms with van der Waals surface area (Å²) in [6.45, 7) is 4.45. The Morgan fingerprint density at radius 2 is 1.65 bits per heavy atom. The van der Waals surface area contributed by atoms with Gasteiger partial charge in [-0.2, -0.15) is 4.98 Å². The molecule has 6 nitrogen and oxygen atoms in total. The zero-order valence-corrected chi connectivity index (χ0v) is 17.5. The Balaban J connectivity index is 1.28. The van der Waals surface area contributed by atoms with Gasteiger partial charge in [0.25, 0.3) is 11.7 Å². The van der Waals surface area contributed by atoms with Crippen LogP contribution in [0.3, 0.4) is 0 Å². The maximum Gasteiger partial charge on any atom is 0.291 e. The van der Waals surface area contributed by atoms with Gasteiger partial charge in [-0.15, -0.1) is 5.10 Å². The van der Waals surface area contributed by atoms with Gasteiger partial charge in [0.05, 0.1) is 0 Å². The molecule has 2 aromatic heterocycles. The number of aromatic nitrogens is 4. The third kappa shape index (κ3) is 2.78. The van der Waals surface area contributed by atoms with Gasteiger partial charge in [-0.25, -0.2) is 9.50 Å². The van der Waals surface area contributed by atoms with Crippen LogP contribution >= 0.6 is 0 Å². The lowest BCUT2D eigenvalue weighted by Gasteiger charge is -2.45. The monoisotopic (exact) mass is 409 g/mol. The van der Waals surface area contributed by atoms with E-state index >= 15 is 0 Å². The lowest BCUT2D eigenvalue weighted by molar-refractivity contribution is 0.0932. The molecular formula is C25H23N5O. The summed E-state index contributed by atoms with van der Waals surface area (Å²) < 4.78 is 1.62. The number of carbonyl (C=O) groups is 1.